The van der Waals surface area contributed by atoms with Crippen molar-refractivity contribution in [1.29, 1.82) is 0 Å². The smallest absolute Gasteiger partial charge is 0.353 e. The van der Waals surface area contributed by atoms with Crippen LogP contribution in [0, 0.1) is 12.7 Å². The topological polar surface area (TPSA) is 66.0 Å². The maximum Gasteiger partial charge on any atom is 0.353 e. The first-order chi connectivity index (χ1) is 7.59. The quantitative estimate of drug-likeness (QED) is 0.815. The molecule has 0 saturated carbocycles. The van der Waals surface area contributed by atoms with E-state index in [0.29, 0.717) is 16.8 Å². The van der Waals surface area contributed by atoms with Crippen LogP contribution in [0.15, 0.2) is 24.3 Å². The first-order valence-corrected chi connectivity index (χ1v) is 4.64. The minimum absolute atomic E-state index is 0.0151. The lowest BCUT2D eigenvalue weighted by Crippen LogP contribution is -1.95. The number of aromatic carboxylic acids is 1. The van der Waals surface area contributed by atoms with Gasteiger partial charge in [-0.15, -0.1) is 0 Å². The molecule has 2 rings (SSSR count). The zero-order chi connectivity index (χ0) is 11.7. The number of hydrogen-bond donors (Lipinski definition) is 2. The average Bonchev–Trinajstić information content (AvgIpc) is 2.71. The van der Waals surface area contributed by atoms with Gasteiger partial charge < -0.3 is 5.11 Å². The molecule has 2 aromatic rings. The van der Waals surface area contributed by atoms with Crippen LogP contribution in [0.2, 0.25) is 0 Å². The van der Waals surface area contributed by atoms with Crippen LogP contribution in [0.5, 0.6) is 0 Å². The summed E-state index contributed by atoms with van der Waals surface area (Å²) < 4.78 is 13.3. The van der Waals surface area contributed by atoms with Crippen molar-refractivity contribution in [3.8, 4) is 11.3 Å². The summed E-state index contributed by atoms with van der Waals surface area (Å²) in [5.74, 6) is -1.43. The first kappa shape index (κ1) is 10.4. The molecule has 2 N–H and O–H groups in total. The van der Waals surface area contributed by atoms with E-state index >= 15 is 0 Å². The standard InChI is InChI=1S/C11H9FN2O2/c1-6-7(3-2-4-8(6)12)9-5-10(11(15)16)14-13-9/h2-5H,1H3,(H,13,14)(H,15,16). The molecule has 0 spiro atoms. The highest BCUT2D eigenvalue weighted by atomic mass is 19.1. The van der Waals surface area contributed by atoms with Gasteiger partial charge in [-0.1, -0.05) is 12.1 Å². The van der Waals surface area contributed by atoms with Gasteiger partial charge in [0.25, 0.3) is 0 Å². The molecular formula is C11H9FN2O2. The summed E-state index contributed by atoms with van der Waals surface area (Å²) in [6.45, 7) is 1.62. The van der Waals surface area contributed by atoms with Crippen LogP contribution in [0.3, 0.4) is 0 Å². The van der Waals surface area contributed by atoms with E-state index in [1.165, 1.54) is 12.1 Å². The third-order valence-electron chi connectivity index (χ3n) is 2.35. The maximum atomic E-state index is 13.3. The van der Waals surface area contributed by atoms with Crippen LogP contribution < -0.4 is 0 Å². The summed E-state index contributed by atoms with van der Waals surface area (Å²) >= 11 is 0. The molecule has 0 aliphatic heterocycles. The molecule has 0 fully saturated rings. The Morgan fingerprint density at radius 2 is 2.25 bits per heavy atom. The Balaban J connectivity index is 2.50. The molecule has 0 bridgehead atoms. The van der Waals surface area contributed by atoms with Gasteiger partial charge in [0.2, 0.25) is 0 Å². The van der Waals surface area contributed by atoms with E-state index in [2.05, 4.69) is 10.2 Å². The molecule has 1 heterocycles. The number of aromatic nitrogens is 2. The highest BCUT2D eigenvalue weighted by Crippen LogP contribution is 2.23. The predicted molar refractivity (Wildman–Crippen MR) is 55.7 cm³/mol. The SMILES string of the molecule is Cc1c(F)cccc1-c1cc(C(=O)O)[nH]n1. The van der Waals surface area contributed by atoms with Gasteiger partial charge in [0.15, 0.2) is 0 Å². The minimum Gasteiger partial charge on any atom is -0.477 e. The molecule has 0 amide bonds. The largest absolute Gasteiger partial charge is 0.477 e. The molecule has 0 aliphatic carbocycles. The molecule has 4 nitrogen and oxygen atoms in total. The number of aromatic amines is 1. The normalized spacial score (nSPS) is 10.4. The summed E-state index contributed by atoms with van der Waals surface area (Å²) in [7, 11) is 0. The maximum absolute atomic E-state index is 13.3. The Kier molecular flexibility index (Phi) is 2.44. The Bertz CT molecular complexity index is 549. The van der Waals surface area contributed by atoms with E-state index in [1.54, 1.807) is 19.1 Å². The third kappa shape index (κ3) is 1.67. The summed E-state index contributed by atoms with van der Waals surface area (Å²) in [4.78, 5) is 10.7. The van der Waals surface area contributed by atoms with Gasteiger partial charge in [0.1, 0.15) is 11.5 Å². The molecular weight excluding hydrogens is 211 g/mol. The lowest BCUT2D eigenvalue weighted by molar-refractivity contribution is 0.0690. The summed E-state index contributed by atoms with van der Waals surface area (Å²) in [6.07, 6.45) is 0. The second-order valence-electron chi connectivity index (χ2n) is 3.38. The van der Waals surface area contributed by atoms with Crippen molar-refractivity contribution in [3.63, 3.8) is 0 Å². The Morgan fingerprint density at radius 1 is 1.50 bits per heavy atom. The fourth-order valence-corrected chi connectivity index (χ4v) is 1.45. The lowest BCUT2D eigenvalue weighted by Gasteiger charge is -2.02. The van der Waals surface area contributed by atoms with Gasteiger partial charge in [-0.3, -0.25) is 5.10 Å². The zero-order valence-corrected chi connectivity index (χ0v) is 8.49. The predicted octanol–water partition coefficient (Wildman–Crippen LogP) is 2.22. The van der Waals surface area contributed by atoms with Crippen LogP contribution in [-0.2, 0) is 0 Å². The third-order valence-corrected chi connectivity index (χ3v) is 2.35. The summed E-state index contributed by atoms with van der Waals surface area (Å²) in [5.41, 5.74) is 1.45. The second-order valence-corrected chi connectivity index (χ2v) is 3.38. The van der Waals surface area contributed by atoms with Gasteiger partial charge in [-0.2, -0.15) is 5.10 Å². The number of hydrogen-bond acceptors (Lipinski definition) is 2. The molecule has 82 valence electrons. The van der Waals surface area contributed by atoms with E-state index in [9.17, 15) is 9.18 Å². The molecule has 0 atom stereocenters. The number of carboxylic acid groups (broad SMARTS) is 1. The minimum atomic E-state index is -1.09. The van der Waals surface area contributed by atoms with Gasteiger partial charge in [0, 0.05) is 5.56 Å². The molecule has 1 aromatic carbocycles. The number of rotatable bonds is 2. The van der Waals surface area contributed by atoms with Gasteiger partial charge in [0.05, 0.1) is 5.69 Å². The highest BCUT2D eigenvalue weighted by molar-refractivity contribution is 5.87. The lowest BCUT2D eigenvalue weighted by atomic mass is 10.1. The number of nitrogens with zero attached hydrogens (tertiary/aromatic N) is 1. The van der Waals surface area contributed by atoms with E-state index in [1.807, 2.05) is 0 Å². The van der Waals surface area contributed by atoms with Gasteiger partial charge >= 0.3 is 5.97 Å². The summed E-state index contributed by atoms with van der Waals surface area (Å²) in [6, 6.07) is 5.99. The van der Waals surface area contributed by atoms with Crippen LogP contribution in [0.25, 0.3) is 11.3 Å². The number of carbonyl (C=O) groups is 1. The Hall–Kier alpha value is -2.17. The molecule has 16 heavy (non-hydrogen) atoms. The second kappa shape index (κ2) is 3.77. The van der Waals surface area contributed by atoms with Crippen molar-refractivity contribution in [2.75, 3.05) is 0 Å². The van der Waals surface area contributed by atoms with Crippen LogP contribution >= 0.6 is 0 Å². The molecule has 0 aliphatic rings. The van der Waals surface area contributed by atoms with Gasteiger partial charge in [-0.05, 0) is 24.6 Å². The van der Waals surface area contributed by atoms with E-state index < -0.39 is 5.97 Å². The molecule has 1 aromatic heterocycles. The Labute approximate surface area is 90.7 Å². The molecule has 5 heteroatoms. The number of H-pyrrole nitrogens is 1. The number of halogens is 1. The van der Waals surface area contributed by atoms with Crippen molar-refractivity contribution in [1.82, 2.24) is 10.2 Å². The van der Waals surface area contributed by atoms with Crippen molar-refractivity contribution in [2.45, 2.75) is 6.92 Å². The first-order valence-electron chi connectivity index (χ1n) is 4.64. The van der Waals surface area contributed by atoms with Crippen molar-refractivity contribution in [3.05, 3.63) is 41.3 Å². The molecule has 0 radical (unpaired) electrons. The van der Waals surface area contributed by atoms with E-state index in [0.717, 1.165) is 0 Å². The van der Waals surface area contributed by atoms with Crippen molar-refractivity contribution in [2.24, 2.45) is 0 Å². The zero-order valence-electron chi connectivity index (χ0n) is 8.49. The van der Waals surface area contributed by atoms with Gasteiger partial charge in [-0.25, -0.2) is 9.18 Å². The van der Waals surface area contributed by atoms with Crippen LogP contribution in [-0.4, -0.2) is 21.3 Å². The Morgan fingerprint density at radius 3 is 2.88 bits per heavy atom. The van der Waals surface area contributed by atoms with Crippen molar-refractivity contribution >= 4 is 5.97 Å². The van der Waals surface area contributed by atoms with E-state index in [4.69, 9.17) is 5.11 Å². The fraction of sp³-hybridized carbons (Fsp3) is 0.0909. The number of benzene rings is 1. The average molecular weight is 220 g/mol. The molecule has 0 saturated heterocycles. The number of carboxylic acids is 1. The number of nitrogens with one attached hydrogen (secondary N) is 1. The highest BCUT2D eigenvalue weighted by Gasteiger charge is 2.12. The monoisotopic (exact) mass is 220 g/mol. The van der Waals surface area contributed by atoms with Crippen molar-refractivity contribution < 1.29 is 14.3 Å². The van der Waals surface area contributed by atoms with E-state index in [-0.39, 0.29) is 11.5 Å². The fourth-order valence-electron chi connectivity index (χ4n) is 1.45. The van der Waals surface area contributed by atoms with Crippen LogP contribution in [0.1, 0.15) is 16.1 Å². The summed E-state index contributed by atoms with van der Waals surface area (Å²) in [5, 5.41) is 14.9. The van der Waals surface area contributed by atoms with Crippen LogP contribution in [0.4, 0.5) is 4.39 Å². The molecule has 0 unspecified atom stereocenters.